The topological polar surface area (TPSA) is 291 Å². The second-order valence-electron chi connectivity index (χ2n) is 23.7. The summed E-state index contributed by atoms with van der Waals surface area (Å²) in [5.41, 5.74) is 22.6. The van der Waals surface area contributed by atoms with Gasteiger partial charge in [0.05, 0.1) is 75.0 Å². The summed E-state index contributed by atoms with van der Waals surface area (Å²) in [6.45, 7) is 18.2. The van der Waals surface area contributed by atoms with Crippen LogP contribution in [0.4, 0.5) is 34.4 Å². The molecular formula is C74H87BBrN15O7. The number of unbranched alkanes of at least 4 members (excludes halogenated alkanes) is 4. The summed E-state index contributed by atoms with van der Waals surface area (Å²) in [6.07, 6.45) is 28.4. The fourth-order valence-corrected chi connectivity index (χ4v) is 10.6. The van der Waals surface area contributed by atoms with Gasteiger partial charge in [-0.3, -0.25) is 25.0 Å². The van der Waals surface area contributed by atoms with E-state index in [-0.39, 0.29) is 22.2 Å². The molecule has 0 radical (unpaired) electrons. The summed E-state index contributed by atoms with van der Waals surface area (Å²) in [7, 11) is -1.10. The minimum Gasteiger partial charge on any atom is -0.427 e. The van der Waals surface area contributed by atoms with E-state index in [9.17, 15) is 25.0 Å². The first kappa shape index (κ1) is 75.0. The number of non-ortho nitro benzene ring substituents is 2. The van der Waals surface area contributed by atoms with Crippen LogP contribution in [0.15, 0.2) is 188 Å². The van der Waals surface area contributed by atoms with Crippen molar-refractivity contribution in [3.05, 3.63) is 259 Å². The summed E-state index contributed by atoms with van der Waals surface area (Å²) in [5, 5.41) is 44.6. The molecule has 1 amide bonds. The molecule has 0 bridgehead atoms. The molecule has 6 N–H and O–H groups in total. The number of nitrogen functional groups attached to an aromatic ring is 1. The maximum absolute atomic E-state index is 13.4. The minimum atomic E-state index is -1.10. The number of nitrogens with one attached hydrogen (secondary N) is 2. The van der Waals surface area contributed by atoms with Crippen molar-refractivity contribution in [2.24, 2.45) is 0 Å². The molecule has 11 aromatic rings. The zero-order valence-corrected chi connectivity index (χ0v) is 58.7. The SMILES string of the molecule is CCCCB(O)O.CCCCc1cc(-n2cnc(C)c2)cc([N+](=O)[O-])c1.CCCCc1cc(N)cc(-n2cnc(C)c2)c1.CCCCc1cc(NC(=O)c2ccc(C)c(Nc3nccc(-c4ccccc4)n3)c2)cc(-n2cnc(C)c2)c1.Cc1cn(-c2cc(Br)cc([N+](=O)[O-])c2)cn1. The van der Waals surface area contributed by atoms with Gasteiger partial charge in [0.25, 0.3) is 17.3 Å². The first-order valence-electron chi connectivity index (χ1n) is 32.8. The first-order valence-corrected chi connectivity index (χ1v) is 33.6. The van der Waals surface area contributed by atoms with E-state index in [1.807, 2.05) is 159 Å². The van der Waals surface area contributed by atoms with E-state index in [4.69, 9.17) is 15.8 Å². The summed E-state index contributed by atoms with van der Waals surface area (Å²) >= 11 is 3.25. The second kappa shape index (κ2) is 37.8. The third kappa shape index (κ3) is 23.7. The van der Waals surface area contributed by atoms with E-state index in [0.717, 1.165) is 137 Å². The number of nitro benzene ring substituents is 2. The van der Waals surface area contributed by atoms with E-state index >= 15 is 0 Å². The van der Waals surface area contributed by atoms with E-state index in [1.54, 1.807) is 47.9 Å². The van der Waals surface area contributed by atoms with Crippen molar-refractivity contribution in [1.82, 2.24) is 48.2 Å². The lowest BCUT2D eigenvalue weighted by Gasteiger charge is -2.13. The number of hydrogen-bond acceptors (Lipinski definition) is 15. The molecule has 11 rings (SSSR count). The fraction of sp³-hybridized carbons (Fsp3) is 0.284. The van der Waals surface area contributed by atoms with Gasteiger partial charge in [0.15, 0.2) is 0 Å². The van der Waals surface area contributed by atoms with Gasteiger partial charge in [0.1, 0.15) is 0 Å². The summed E-state index contributed by atoms with van der Waals surface area (Å²) < 4.78 is 8.23. The van der Waals surface area contributed by atoms with Crippen molar-refractivity contribution in [1.29, 1.82) is 0 Å². The standard InChI is InChI=1S/C32H32N6O.C14H17N3O2.C14H19N3.C10H8BrN3O2.C4H11BO2/c1-4-5-9-24-16-27(19-28(17-24)38-20-23(3)34-21-38)35-31(39)26-13-12-22(2)30(18-26)37-32-33-15-14-29(36-32)25-10-7-6-8-11-25;1-3-4-5-12-6-13(8-14(7-12)17(18)19)16-9-11(2)15-10-16;1-3-4-5-12-6-13(15)8-14(7-12)17-9-11(2)16-10-17;1-7-5-13(6-12-7)9-2-8(11)3-10(4-9)14(15)16;1-2-3-4-5(6)7/h6-8,10-21H,4-5,9H2,1-3H3,(H,35,39)(H,33,36,37);6-10H,3-5H2,1-2H3;6-10H,3-5,15H2,1-2H3;2-6H,1H3;6-7H,2-4H2,1H3. The lowest BCUT2D eigenvalue weighted by molar-refractivity contribution is -0.385. The number of rotatable bonds is 23. The molecule has 5 heterocycles. The Hall–Kier alpha value is -10.4. The highest BCUT2D eigenvalue weighted by atomic mass is 79.9. The number of nitrogens with zero attached hydrogens (tertiary/aromatic N) is 12. The van der Waals surface area contributed by atoms with Gasteiger partial charge in [-0.05, 0) is 168 Å². The number of imidazole rings is 4. The highest BCUT2D eigenvalue weighted by molar-refractivity contribution is 9.10. The molecule has 98 heavy (non-hydrogen) atoms. The van der Waals surface area contributed by atoms with E-state index < -0.39 is 12.0 Å². The Balaban J connectivity index is 0.000000192. The number of carbonyl (C=O) groups is 1. The molecule has 22 nitrogen and oxygen atoms in total. The Morgan fingerprint density at radius 2 is 1.02 bits per heavy atom. The molecule has 0 aliphatic carbocycles. The van der Waals surface area contributed by atoms with Crippen LogP contribution in [0.5, 0.6) is 0 Å². The minimum absolute atomic E-state index is 0.0516. The van der Waals surface area contributed by atoms with Gasteiger partial charge in [0, 0.05) is 99.3 Å². The Morgan fingerprint density at radius 1 is 0.551 bits per heavy atom. The van der Waals surface area contributed by atoms with Crippen molar-refractivity contribution in [2.75, 3.05) is 16.4 Å². The molecule has 0 spiro atoms. The number of hydrogen-bond donors (Lipinski definition) is 5. The maximum atomic E-state index is 13.4. The van der Waals surface area contributed by atoms with Crippen LogP contribution in [0.2, 0.25) is 6.32 Å². The molecule has 5 aromatic heterocycles. The van der Waals surface area contributed by atoms with Gasteiger partial charge in [-0.15, -0.1) is 0 Å². The average molecular weight is 1390 g/mol. The number of carbonyl (C=O) groups excluding carboxylic acids is 1. The van der Waals surface area contributed by atoms with Crippen LogP contribution in [0.1, 0.15) is 134 Å². The number of aromatic nitrogens is 10. The number of aryl methyl sites for hydroxylation is 8. The normalized spacial score (nSPS) is 10.6. The molecular weight excluding hydrogens is 1300 g/mol. The quantitative estimate of drug-likeness (QED) is 0.0172. The molecule has 0 saturated carbocycles. The number of benzene rings is 6. The zero-order valence-electron chi connectivity index (χ0n) is 57.1. The predicted octanol–water partition coefficient (Wildman–Crippen LogP) is 16.9. The molecule has 0 unspecified atom stereocenters. The van der Waals surface area contributed by atoms with Crippen molar-refractivity contribution in [2.45, 2.75) is 139 Å². The van der Waals surface area contributed by atoms with Gasteiger partial charge in [-0.2, -0.15) is 0 Å². The van der Waals surface area contributed by atoms with Crippen LogP contribution >= 0.6 is 15.9 Å². The smallest absolute Gasteiger partial charge is 0.427 e. The van der Waals surface area contributed by atoms with Gasteiger partial charge in [-0.25, -0.2) is 29.9 Å². The molecule has 0 fully saturated rings. The number of nitrogens with two attached hydrogens (primary N) is 1. The van der Waals surface area contributed by atoms with Crippen molar-refractivity contribution in [3.63, 3.8) is 0 Å². The largest absolute Gasteiger partial charge is 0.451 e. The number of halogens is 1. The van der Waals surface area contributed by atoms with Crippen molar-refractivity contribution in [3.8, 4) is 34.0 Å². The molecule has 0 aliphatic rings. The monoisotopic (exact) mass is 1390 g/mol. The molecule has 24 heteroatoms. The van der Waals surface area contributed by atoms with Gasteiger partial charge in [-0.1, -0.05) is 112 Å². The zero-order chi connectivity index (χ0) is 70.7. The fourth-order valence-electron chi connectivity index (χ4n) is 10.1. The van der Waals surface area contributed by atoms with E-state index in [0.29, 0.717) is 28.0 Å². The molecule has 510 valence electrons. The summed E-state index contributed by atoms with van der Waals surface area (Å²) in [4.78, 5) is 60.2. The molecule has 6 aromatic carbocycles. The average Bonchev–Trinajstić information content (AvgIpc) is 1.34. The second-order valence-corrected chi connectivity index (χ2v) is 24.6. The molecule has 0 saturated heterocycles. The maximum Gasteiger partial charge on any atom is 0.451 e. The van der Waals surface area contributed by atoms with Crippen LogP contribution in [-0.2, 0) is 19.3 Å². The van der Waals surface area contributed by atoms with Crippen LogP contribution < -0.4 is 16.4 Å². The molecule has 0 aliphatic heterocycles. The summed E-state index contributed by atoms with van der Waals surface area (Å²) in [6, 6.07) is 39.9. The Morgan fingerprint density at radius 3 is 1.49 bits per heavy atom. The van der Waals surface area contributed by atoms with Crippen molar-refractivity contribution >= 4 is 63.3 Å². The van der Waals surface area contributed by atoms with Gasteiger partial charge >= 0.3 is 7.12 Å². The number of anilines is 4. The van der Waals surface area contributed by atoms with Crippen LogP contribution in [-0.4, -0.2) is 81.1 Å². The Kier molecular flexibility index (Phi) is 28.9. The lowest BCUT2D eigenvalue weighted by atomic mass is 9.84. The molecule has 0 atom stereocenters. The van der Waals surface area contributed by atoms with Crippen LogP contribution in [0.25, 0.3) is 34.0 Å². The Labute approximate surface area is 581 Å². The summed E-state index contributed by atoms with van der Waals surface area (Å²) in [5.74, 6) is 0.290. The van der Waals surface area contributed by atoms with E-state index in [2.05, 4.69) is 102 Å². The van der Waals surface area contributed by atoms with Crippen LogP contribution in [0, 0.1) is 54.8 Å². The van der Waals surface area contributed by atoms with Gasteiger partial charge in [0.2, 0.25) is 5.95 Å². The number of amides is 1. The van der Waals surface area contributed by atoms with E-state index in [1.165, 1.54) is 36.1 Å². The predicted molar refractivity (Wildman–Crippen MR) is 394 cm³/mol. The number of nitro groups is 2. The third-order valence-corrected chi connectivity index (χ3v) is 15.7. The highest BCUT2D eigenvalue weighted by Crippen LogP contribution is 2.28. The lowest BCUT2D eigenvalue weighted by Crippen LogP contribution is -2.13. The Bertz CT molecular complexity index is 4380. The van der Waals surface area contributed by atoms with Gasteiger partial charge < -0.3 is 44.7 Å². The highest BCUT2D eigenvalue weighted by Gasteiger charge is 2.16. The van der Waals surface area contributed by atoms with Crippen molar-refractivity contribution < 1.29 is 24.7 Å². The third-order valence-electron chi connectivity index (χ3n) is 15.3. The van der Waals surface area contributed by atoms with Crippen LogP contribution in [0.3, 0.4) is 0 Å². The first-order chi connectivity index (χ1) is 47.1.